The summed E-state index contributed by atoms with van der Waals surface area (Å²) >= 11 is 0. The van der Waals surface area contributed by atoms with E-state index in [9.17, 15) is 0 Å². The molecule has 1 aromatic heterocycles. The van der Waals surface area contributed by atoms with Gasteiger partial charge in [-0.3, -0.25) is 0 Å². The number of hydrogen-bond donors (Lipinski definition) is 0. The zero-order valence-corrected chi connectivity index (χ0v) is 14.4. The first kappa shape index (κ1) is 14.7. The lowest BCUT2D eigenvalue weighted by Crippen LogP contribution is -2.08. The molecule has 2 heteroatoms. The van der Waals surface area contributed by atoms with Gasteiger partial charge in [0.2, 0.25) is 0 Å². The van der Waals surface area contributed by atoms with Gasteiger partial charge in [0.1, 0.15) is 5.82 Å². The Kier molecular flexibility index (Phi) is 3.55. The van der Waals surface area contributed by atoms with Gasteiger partial charge in [0.15, 0.2) is 0 Å². The molecular formula is C23H22N2. The summed E-state index contributed by atoms with van der Waals surface area (Å²) in [6, 6.07) is 24.0. The number of para-hydroxylation sites is 2. The molecule has 0 atom stereocenters. The smallest absolute Gasteiger partial charge is 0.113 e. The SMILES string of the molecule is c1ccc2cc(Cn3c(C4CCCC4)nc4ccccc43)ccc2c1. The average molecular weight is 326 g/mol. The molecule has 0 radical (unpaired) electrons. The van der Waals surface area contributed by atoms with Gasteiger partial charge in [-0.25, -0.2) is 4.98 Å². The van der Waals surface area contributed by atoms with Crippen molar-refractivity contribution in [3.05, 3.63) is 78.1 Å². The number of fused-ring (bicyclic) bond motifs is 2. The van der Waals surface area contributed by atoms with Crippen LogP contribution in [0.5, 0.6) is 0 Å². The monoisotopic (exact) mass is 326 g/mol. The fourth-order valence-corrected chi connectivity index (χ4v) is 4.28. The number of rotatable bonds is 3. The highest BCUT2D eigenvalue weighted by atomic mass is 15.1. The molecule has 0 aliphatic heterocycles. The Morgan fingerprint density at radius 2 is 1.60 bits per heavy atom. The minimum absolute atomic E-state index is 0.618. The molecule has 0 amide bonds. The van der Waals surface area contributed by atoms with Crippen molar-refractivity contribution in [1.29, 1.82) is 0 Å². The molecule has 0 N–H and O–H groups in total. The molecule has 0 unspecified atom stereocenters. The summed E-state index contributed by atoms with van der Waals surface area (Å²) in [7, 11) is 0. The molecule has 3 aromatic carbocycles. The topological polar surface area (TPSA) is 17.8 Å². The van der Waals surface area contributed by atoms with Gasteiger partial charge in [0.25, 0.3) is 0 Å². The summed E-state index contributed by atoms with van der Waals surface area (Å²) in [5.41, 5.74) is 3.74. The predicted octanol–water partition coefficient (Wildman–Crippen LogP) is 5.90. The van der Waals surface area contributed by atoms with Crippen LogP contribution in [-0.2, 0) is 6.54 Å². The van der Waals surface area contributed by atoms with E-state index < -0.39 is 0 Å². The molecule has 1 fully saturated rings. The Balaban J connectivity index is 1.61. The highest BCUT2D eigenvalue weighted by molar-refractivity contribution is 5.83. The minimum atomic E-state index is 0.618. The quantitative estimate of drug-likeness (QED) is 0.458. The van der Waals surface area contributed by atoms with Crippen molar-refractivity contribution in [2.45, 2.75) is 38.1 Å². The molecule has 5 rings (SSSR count). The van der Waals surface area contributed by atoms with E-state index in [1.807, 2.05) is 0 Å². The molecule has 1 aliphatic rings. The van der Waals surface area contributed by atoms with Crippen LogP contribution < -0.4 is 0 Å². The van der Waals surface area contributed by atoms with Crippen LogP contribution in [0.25, 0.3) is 21.8 Å². The second-order valence-corrected chi connectivity index (χ2v) is 7.21. The summed E-state index contributed by atoms with van der Waals surface area (Å²) in [5, 5.41) is 2.62. The molecule has 0 spiro atoms. The lowest BCUT2D eigenvalue weighted by molar-refractivity contribution is 0.619. The molecule has 1 aliphatic carbocycles. The first-order chi connectivity index (χ1) is 12.4. The molecule has 2 nitrogen and oxygen atoms in total. The van der Waals surface area contributed by atoms with E-state index in [1.165, 1.54) is 53.4 Å². The molecule has 1 heterocycles. The fraction of sp³-hybridized carbons (Fsp3) is 0.261. The molecule has 4 aromatic rings. The molecule has 124 valence electrons. The Morgan fingerprint density at radius 3 is 2.48 bits per heavy atom. The third-order valence-corrected chi connectivity index (χ3v) is 5.56. The Bertz CT molecular complexity index is 1040. The summed E-state index contributed by atoms with van der Waals surface area (Å²) in [4.78, 5) is 5.02. The third kappa shape index (κ3) is 2.62. The maximum Gasteiger partial charge on any atom is 0.113 e. The number of benzene rings is 3. The number of imidazole rings is 1. The van der Waals surface area contributed by atoms with Gasteiger partial charge < -0.3 is 4.57 Å². The van der Waals surface area contributed by atoms with Gasteiger partial charge >= 0.3 is 0 Å². The highest BCUT2D eigenvalue weighted by Gasteiger charge is 2.23. The Hall–Kier alpha value is -2.61. The maximum atomic E-state index is 5.02. The lowest BCUT2D eigenvalue weighted by Gasteiger charge is -2.14. The zero-order valence-electron chi connectivity index (χ0n) is 14.4. The van der Waals surface area contributed by atoms with Crippen LogP contribution in [-0.4, -0.2) is 9.55 Å². The zero-order chi connectivity index (χ0) is 16.6. The van der Waals surface area contributed by atoms with Crippen molar-refractivity contribution in [2.24, 2.45) is 0 Å². The molecule has 25 heavy (non-hydrogen) atoms. The van der Waals surface area contributed by atoms with Gasteiger partial charge in [0, 0.05) is 12.5 Å². The third-order valence-electron chi connectivity index (χ3n) is 5.56. The highest BCUT2D eigenvalue weighted by Crippen LogP contribution is 2.35. The number of aromatic nitrogens is 2. The molecule has 1 saturated carbocycles. The molecule has 0 bridgehead atoms. The first-order valence-electron chi connectivity index (χ1n) is 9.31. The van der Waals surface area contributed by atoms with Crippen molar-refractivity contribution >= 4 is 21.8 Å². The summed E-state index contributed by atoms with van der Waals surface area (Å²) < 4.78 is 2.45. The van der Waals surface area contributed by atoms with Gasteiger partial charge in [-0.15, -0.1) is 0 Å². The van der Waals surface area contributed by atoms with E-state index in [0.29, 0.717) is 5.92 Å². The Labute approximate surface area is 148 Å². The second kappa shape index (κ2) is 6.03. The van der Waals surface area contributed by atoms with Gasteiger partial charge in [-0.1, -0.05) is 61.4 Å². The molecular weight excluding hydrogens is 304 g/mol. The standard InChI is InChI=1S/C23H22N2/c1-4-10-20-15-17(13-14-18(20)7-1)16-25-22-12-6-5-11-21(22)24-23(25)19-8-2-3-9-19/h1,4-7,10-15,19H,2-3,8-9,16H2. The van der Waals surface area contributed by atoms with Crippen LogP contribution in [0, 0.1) is 0 Å². The van der Waals surface area contributed by atoms with Crippen LogP contribution >= 0.6 is 0 Å². The van der Waals surface area contributed by atoms with Crippen LogP contribution in [0.1, 0.15) is 43.0 Å². The van der Waals surface area contributed by atoms with Gasteiger partial charge in [-0.2, -0.15) is 0 Å². The summed E-state index contributed by atoms with van der Waals surface area (Å²) in [6.07, 6.45) is 5.23. The van der Waals surface area contributed by atoms with Gasteiger partial charge in [-0.05, 0) is 47.4 Å². The van der Waals surface area contributed by atoms with Crippen LogP contribution in [0.3, 0.4) is 0 Å². The van der Waals surface area contributed by atoms with Crippen molar-refractivity contribution in [2.75, 3.05) is 0 Å². The first-order valence-corrected chi connectivity index (χ1v) is 9.31. The van der Waals surface area contributed by atoms with Crippen molar-refractivity contribution < 1.29 is 0 Å². The Morgan fingerprint density at radius 1 is 0.840 bits per heavy atom. The summed E-state index contributed by atoms with van der Waals surface area (Å²) in [6.45, 7) is 0.900. The second-order valence-electron chi connectivity index (χ2n) is 7.21. The average Bonchev–Trinajstić information content (AvgIpc) is 3.30. The van der Waals surface area contributed by atoms with Crippen molar-refractivity contribution in [3.63, 3.8) is 0 Å². The van der Waals surface area contributed by atoms with E-state index in [-0.39, 0.29) is 0 Å². The van der Waals surface area contributed by atoms with Crippen LogP contribution in [0.2, 0.25) is 0 Å². The molecule has 0 saturated heterocycles. The number of hydrogen-bond acceptors (Lipinski definition) is 1. The fourth-order valence-electron chi connectivity index (χ4n) is 4.28. The normalized spacial score (nSPS) is 15.4. The number of nitrogens with zero attached hydrogens (tertiary/aromatic N) is 2. The van der Waals surface area contributed by atoms with Crippen molar-refractivity contribution in [3.8, 4) is 0 Å². The van der Waals surface area contributed by atoms with E-state index >= 15 is 0 Å². The van der Waals surface area contributed by atoms with E-state index in [2.05, 4.69) is 71.3 Å². The lowest BCUT2D eigenvalue weighted by atomic mass is 10.1. The van der Waals surface area contributed by atoms with E-state index in [4.69, 9.17) is 4.98 Å². The van der Waals surface area contributed by atoms with Crippen LogP contribution in [0.4, 0.5) is 0 Å². The minimum Gasteiger partial charge on any atom is -0.323 e. The van der Waals surface area contributed by atoms with Crippen molar-refractivity contribution in [1.82, 2.24) is 9.55 Å². The predicted molar refractivity (Wildman–Crippen MR) is 104 cm³/mol. The summed E-state index contributed by atoms with van der Waals surface area (Å²) in [5.74, 6) is 1.90. The van der Waals surface area contributed by atoms with E-state index in [0.717, 1.165) is 12.1 Å². The van der Waals surface area contributed by atoms with Gasteiger partial charge in [0.05, 0.1) is 11.0 Å². The van der Waals surface area contributed by atoms with E-state index in [1.54, 1.807) is 0 Å². The largest absolute Gasteiger partial charge is 0.323 e. The van der Waals surface area contributed by atoms with Crippen LogP contribution in [0.15, 0.2) is 66.7 Å². The maximum absolute atomic E-state index is 5.02.